The number of carbonyl (C=O) groups is 1. The van der Waals surface area contributed by atoms with Crippen molar-refractivity contribution in [1.82, 2.24) is 15.5 Å². The highest BCUT2D eigenvalue weighted by molar-refractivity contribution is 5.93. The molecule has 0 saturated heterocycles. The zero-order valence-corrected chi connectivity index (χ0v) is 14.1. The van der Waals surface area contributed by atoms with Gasteiger partial charge in [-0.05, 0) is 48.5 Å². The topological polar surface area (TPSA) is 76.2 Å². The summed E-state index contributed by atoms with van der Waals surface area (Å²) in [6.45, 7) is 0.362. The molecule has 27 heavy (non-hydrogen) atoms. The summed E-state index contributed by atoms with van der Waals surface area (Å²) in [5, 5.41) is 9.56. The van der Waals surface area contributed by atoms with E-state index in [1.54, 1.807) is 24.3 Å². The van der Waals surface area contributed by atoms with Crippen LogP contribution in [0.25, 0.3) is 11.3 Å². The zero-order chi connectivity index (χ0) is 18.6. The number of H-pyrrole nitrogens is 1. The third-order valence-corrected chi connectivity index (χ3v) is 3.91. The van der Waals surface area contributed by atoms with Crippen LogP contribution in [0, 0.1) is 17.7 Å². The average Bonchev–Trinajstić information content (AvgIpc) is 3.35. The first-order valence-corrected chi connectivity index (χ1v) is 8.17. The number of ether oxygens (including phenoxy) is 2. The number of amides is 1. The Bertz CT molecular complexity index is 1050. The summed E-state index contributed by atoms with van der Waals surface area (Å²) in [5.41, 5.74) is 2.44. The fourth-order valence-corrected chi connectivity index (χ4v) is 2.54. The lowest BCUT2D eigenvalue weighted by Gasteiger charge is -1.99. The molecule has 2 aromatic carbocycles. The van der Waals surface area contributed by atoms with Crippen LogP contribution in [-0.2, 0) is 0 Å². The summed E-state index contributed by atoms with van der Waals surface area (Å²) in [7, 11) is 0. The second-order valence-corrected chi connectivity index (χ2v) is 5.73. The first-order chi connectivity index (χ1) is 13.2. The summed E-state index contributed by atoms with van der Waals surface area (Å²) >= 11 is 0. The number of halogens is 1. The molecule has 2 heterocycles. The van der Waals surface area contributed by atoms with Crippen LogP contribution < -0.4 is 14.8 Å². The fourth-order valence-electron chi connectivity index (χ4n) is 2.54. The van der Waals surface area contributed by atoms with Crippen LogP contribution in [0.2, 0.25) is 0 Å². The van der Waals surface area contributed by atoms with Crippen LogP contribution in [0.4, 0.5) is 4.39 Å². The molecular weight excluding hydrogens is 349 g/mol. The highest BCUT2D eigenvalue weighted by Crippen LogP contribution is 2.35. The zero-order valence-electron chi connectivity index (χ0n) is 14.1. The Labute approximate surface area is 154 Å². The number of hydrogen-bond acceptors (Lipinski definition) is 4. The number of aromatic nitrogens is 2. The van der Waals surface area contributed by atoms with Crippen LogP contribution >= 0.6 is 0 Å². The molecule has 1 amide bonds. The third kappa shape index (κ3) is 3.75. The monoisotopic (exact) mass is 363 g/mol. The maximum Gasteiger partial charge on any atom is 0.270 e. The van der Waals surface area contributed by atoms with E-state index in [0.29, 0.717) is 28.5 Å². The summed E-state index contributed by atoms with van der Waals surface area (Å²) in [4.78, 5) is 12.2. The summed E-state index contributed by atoms with van der Waals surface area (Å²) in [5.74, 6) is 6.38. The first-order valence-electron chi connectivity index (χ1n) is 8.17. The predicted octanol–water partition coefficient (Wildman–Crippen LogP) is 2.73. The number of rotatable bonds is 3. The molecule has 1 aliphatic heterocycles. The summed E-state index contributed by atoms with van der Waals surface area (Å²) < 4.78 is 23.5. The lowest BCUT2D eigenvalue weighted by molar-refractivity contribution is 0.0953. The van der Waals surface area contributed by atoms with Gasteiger partial charge < -0.3 is 14.8 Å². The van der Waals surface area contributed by atoms with Gasteiger partial charge in [0.1, 0.15) is 11.5 Å². The van der Waals surface area contributed by atoms with E-state index in [2.05, 4.69) is 27.4 Å². The number of carbonyl (C=O) groups excluding carboxylic acids is 1. The number of nitrogens with one attached hydrogen (secondary N) is 2. The largest absolute Gasteiger partial charge is 0.454 e. The molecule has 0 saturated carbocycles. The molecule has 1 aromatic heterocycles. The third-order valence-electron chi connectivity index (χ3n) is 3.91. The van der Waals surface area contributed by atoms with Crippen molar-refractivity contribution in [3.63, 3.8) is 0 Å². The van der Waals surface area contributed by atoms with Gasteiger partial charge in [-0.15, -0.1) is 0 Å². The molecule has 0 bridgehead atoms. The molecule has 1 aliphatic rings. The molecule has 7 heteroatoms. The van der Waals surface area contributed by atoms with Crippen LogP contribution in [-0.4, -0.2) is 29.4 Å². The number of hydrogen-bond donors (Lipinski definition) is 2. The van der Waals surface area contributed by atoms with Crippen molar-refractivity contribution in [2.24, 2.45) is 0 Å². The minimum Gasteiger partial charge on any atom is -0.454 e. The van der Waals surface area contributed by atoms with Crippen molar-refractivity contribution in [3.8, 4) is 34.6 Å². The Kier molecular flexibility index (Phi) is 4.45. The Morgan fingerprint density at radius 2 is 1.96 bits per heavy atom. The number of fused-ring (bicyclic) bond motifs is 1. The molecule has 0 atom stereocenters. The van der Waals surface area contributed by atoms with Gasteiger partial charge in [0, 0.05) is 11.1 Å². The molecule has 0 radical (unpaired) electrons. The molecule has 4 rings (SSSR count). The number of benzene rings is 2. The second kappa shape index (κ2) is 7.22. The standard InChI is InChI=1S/C20H14FN3O3/c21-15-6-3-13(4-7-15)2-1-9-22-20(25)17-11-16(23-24-17)14-5-8-18-19(10-14)27-12-26-18/h3-8,10-11H,9,12H2,(H,22,25)(H,23,24). The lowest BCUT2D eigenvalue weighted by atomic mass is 10.1. The molecule has 0 aliphatic carbocycles. The van der Waals surface area contributed by atoms with Crippen molar-refractivity contribution in [3.05, 3.63) is 65.6 Å². The van der Waals surface area contributed by atoms with Gasteiger partial charge in [0.2, 0.25) is 6.79 Å². The van der Waals surface area contributed by atoms with E-state index < -0.39 is 0 Å². The van der Waals surface area contributed by atoms with E-state index >= 15 is 0 Å². The van der Waals surface area contributed by atoms with E-state index in [-0.39, 0.29) is 25.1 Å². The van der Waals surface area contributed by atoms with E-state index in [1.165, 1.54) is 12.1 Å². The predicted molar refractivity (Wildman–Crippen MR) is 95.8 cm³/mol. The van der Waals surface area contributed by atoms with Crippen LogP contribution in [0.1, 0.15) is 16.1 Å². The SMILES string of the molecule is O=C(NCC#Cc1ccc(F)cc1)c1cc(-c2ccc3c(c2)OCO3)n[nH]1. The fraction of sp³-hybridized carbons (Fsp3) is 0.100. The van der Waals surface area contributed by atoms with Gasteiger partial charge in [-0.25, -0.2) is 4.39 Å². The Morgan fingerprint density at radius 1 is 1.15 bits per heavy atom. The van der Waals surface area contributed by atoms with Crippen molar-refractivity contribution >= 4 is 5.91 Å². The maximum atomic E-state index is 12.8. The molecule has 134 valence electrons. The van der Waals surface area contributed by atoms with Gasteiger partial charge in [0.25, 0.3) is 5.91 Å². The Balaban J connectivity index is 1.38. The molecule has 0 fully saturated rings. The highest BCUT2D eigenvalue weighted by Gasteiger charge is 2.16. The highest BCUT2D eigenvalue weighted by atomic mass is 19.1. The van der Waals surface area contributed by atoms with Crippen LogP contribution in [0.15, 0.2) is 48.5 Å². The van der Waals surface area contributed by atoms with E-state index in [0.717, 1.165) is 5.56 Å². The van der Waals surface area contributed by atoms with Crippen molar-refractivity contribution in [1.29, 1.82) is 0 Å². The summed E-state index contributed by atoms with van der Waals surface area (Å²) in [6.07, 6.45) is 0. The van der Waals surface area contributed by atoms with Gasteiger partial charge >= 0.3 is 0 Å². The first kappa shape index (κ1) is 16.7. The average molecular weight is 363 g/mol. The van der Waals surface area contributed by atoms with Gasteiger partial charge in [0.05, 0.1) is 12.2 Å². The van der Waals surface area contributed by atoms with Gasteiger partial charge in [-0.2, -0.15) is 5.10 Å². The smallest absolute Gasteiger partial charge is 0.270 e. The van der Waals surface area contributed by atoms with E-state index in [4.69, 9.17) is 9.47 Å². The number of nitrogens with zero attached hydrogens (tertiary/aromatic N) is 1. The van der Waals surface area contributed by atoms with Crippen molar-refractivity contribution < 1.29 is 18.7 Å². The summed E-state index contributed by atoms with van der Waals surface area (Å²) in [6, 6.07) is 13.0. The molecule has 3 aromatic rings. The van der Waals surface area contributed by atoms with Crippen molar-refractivity contribution in [2.45, 2.75) is 0 Å². The number of aromatic amines is 1. The minimum absolute atomic E-state index is 0.161. The Hall–Kier alpha value is -3.79. The molecule has 0 unspecified atom stereocenters. The normalized spacial score (nSPS) is 11.6. The minimum atomic E-state index is -0.317. The van der Waals surface area contributed by atoms with Crippen LogP contribution in [0.5, 0.6) is 11.5 Å². The van der Waals surface area contributed by atoms with Gasteiger partial charge in [-0.3, -0.25) is 9.89 Å². The molecule has 6 nitrogen and oxygen atoms in total. The van der Waals surface area contributed by atoms with Gasteiger partial charge in [0.15, 0.2) is 11.5 Å². The second-order valence-electron chi connectivity index (χ2n) is 5.73. The molecule has 0 spiro atoms. The quantitative estimate of drug-likeness (QED) is 0.702. The van der Waals surface area contributed by atoms with Gasteiger partial charge in [-0.1, -0.05) is 11.8 Å². The van der Waals surface area contributed by atoms with E-state index in [9.17, 15) is 9.18 Å². The van der Waals surface area contributed by atoms with E-state index in [1.807, 2.05) is 12.1 Å². The van der Waals surface area contributed by atoms with Crippen molar-refractivity contribution in [2.75, 3.05) is 13.3 Å². The maximum absolute atomic E-state index is 12.8. The lowest BCUT2D eigenvalue weighted by Crippen LogP contribution is -2.23. The molecule has 2 N–H and O–H groups in total. The molecular formula is C20H14FN3O3. The van der Waals surface area contributed by atoms with Crippen LogP contribution in [0.3, 0.4) is 0 Å². The Morgan fingerprint density at radius 3 is 2.81 bits per heavy atom.